The van der Waals surface area contributed by atoms with Crippen LogP contribution in [0.2, 0.25) is 0 Å². The van der Waals surface area contributed by atoms with Crippen molar-refractivity contribution in [2.24, 2.45) is 5.73 Å². The molecule has 0 unspecified atom stereocenters. The molecule has 0 fully saturated rings. The summed E-state index contributed by atoms with van der Waals surface area (Å²) in [4.78, 5) is 44.5. The highest BCUT2D eigenvalue weighted by atomic mass is 128. The molecule has 10 rings (SSSR count). The van der Waals surface area contributed by atoms with Crippen molar-refractivity contribution in [3.63, 3.8) is 0 Å². The van der Waals surface area contributed by atoms with Crippen LogP contribution in [0.4, 0.5) is 0 Å². The first-order valence-corrected chi connectivity index (χ1v) is 27.7. The molecule has 0 radical (unpaired) electrons. The number of hydrogen-bond donors (Lipinski definition) is 5. The second-order valence-corrected chi connectivity index (χ2v) is 16.0. The van der Waals surface area contributed by atoms with Crippen molar-refractivity contribution in [3.8, 4) is 22.8 Å². The van der Waals surface area contributed by atoms with Gasteiger partial charge in [-0.05, 0) is 59.4 Å². The van der Waals surface area contributed by atoms with E-state index in [4.69, 9.17) is 19.9 Å². The molecule has 19 nitrogen and oxygen atoms in total. The van der Waals surface area contributed by atoms with Crippen LogP contribution in [-0.2, 0) is 25.9 Å². The van der Waals surface area contributed by atoms with Crippen molar-refractivity contribution in [1.82, 2.24) is 54.2 Å². The number of β-amino-alcohol motifs (C(OH)–C–C–N with tert-alkyl or cyclic N) is 2. The lowest BCUT2D eigenvalue weighted by Gasteiger charge is -2.30. The summed E-state index contributed by atoms with van der Waals surface area (Å²) in [5, 5.41) is 39.3. The number of benzene rings is 2. The van der Waals surface area contributed by atoms with Crippen LogP contribution in [0.25, 0.3) is 34.1 Å². The van der Waals surface area contributed by atoms with Gasteiger partial charge in [-0.25, -0.2) is 14.8 Å². The molecule has 6 N–H and O–H groups in total. The monoisotopic (exact) mass is 1140 g/mol. The number of pyridine rings is 2. The van der Waals surface area contributed by atoms with E-state index in [9.17, 15) is 19.8 Å². The van der Waals surface area contributed by atoms with Gasteiger partial charge in [0.05, 0.1) is 12.2 Å². The molecule has 8 aromatic rings. The Morgan fingerprint density at radius 3 is 1.82 bits per heavy atom. The predicted molar refractivity (Wildman–Crippen MR) is 266 cm³/mol. The molecule has 2 aliphatic heterocycles. The molecule has 1 amide bonds. The summed E-state index contributed by atoms with van der Waals surface area (Å²) >= 11 is 4.24. The quantitative estimate of drug-likeness (QED) is 0.102. The third-order valence-electron chi connectivity index (χ3n) is 11.1. The fraction of sp³-hybridized carbons (Fsp3) is 0.304. The molecule has 2 aliphatic rings. The first kappa shape index (κ1) is 49.2. The molecule has 350 valence electrons. The number of nitrogens with one attached hydrogen (secondary N) is 1. The second kappa shape index (κ2) is 23.3. The molecule has 6 aromatic heterocycles. The minimum atomic E-state index is -1.06. The van der Waals surface area contributed by atoms with E-state index in [1.54, 1.807) is 59.4 Å². The number of aliphatic hydroxyl groups excluding tert-OH is 2. The molecule has 0 saturated carbocycles. The molecular weight excluding hydrogens is 1090 g/mol. The summed E-state index contributed by atoms with van der Waals surface area (Å²) in [7, 11) is 0. The van der Waals surface area contributed by atoms with Crippen LogP contribution in [0.3, 0.4) is 0 Å². The van der Waals surface area contributed by atoms with Gasteiger partial charge in [0.25, 0.3) is 5.91 Å². The number of hydrogen-bond acceptors (Lipinski definition) is 15. The van der Waals surface area contributed by atoms with Crippen LogP contribution >= 0.6 is 37.2 Å². The van der Waals surface area contributed by atoms with Gasteiger partial charge >= 0.3 is 5.97 Å². The zero-order valence-corrected chi connectivity index (χ0v) is 41.1. The summed E-state index contributed by atoms with van der Waals surface area (Å²) in [6.07, 6.45) is 7.60. The van der Waals surface area contributed by atoms with E-state index in [1.165, 1.54) is 28.5 Å². The maximum Gasteiger partial charge on any atom is 0.356 e. The Balaban J connectivity index is 0.000000161. The zero-order chi connectivity index (χ0) is 47.5. The molecule has 67 heavy (non-hydrogen) atoms. The standard InChI is InChI=1S/C23H24N6O3.C12H18N2O.C11H8N4O3.I2/c1-15-25-22(27-32-15)17-7-9-29-14-20(26-21(29)10-17)23(31)24-11-19(30)13-28-8-6-16-4-2-3-5-18(16)12-28;13-7-12(15)9-14-6-5-10-3-1-2-4-11(10)8-14;1-6-12-10(14-18-6)7-2-3-9-13-8(11(16)17)5-15(9)4-7;1-2/h2-5,7,9-10,14,19,30H,6,8,11-13H2,1H3,(H,24,31);1-4,12,15H,5-9,13H2;2-5H,1H3,(H,16,17);/t19-;12-;;/m00../s1. The molecule has 0 aliphatic carbocycles. The summed E-state index contributed by atoms with van der Waals surface area (Å²) in [5.41, 5.74) is 13.8. The summed E-state index contributed by atoms with van der Waals surface area (Å²) in [6, 6.07) is 24.0. The number of amides is 1. The lowest BCUT2D eigenvalue weighted by atomic mass is 10.00. The SMILES string of the molecule is Cc1nc(-c2ccc3nc(C(=O)O)cn3c2)no1.Cc1nc(-c2ccn3cc(C(=O)NC[C@H](O)CN4CCc5ccccc5C4)nc3c2)no1.II.NC[C@H](O)CN1CCc2ccccc2C1. The Bertz CT molecular complexity index is 2920. The van der Waals surface area contributed by atoms with Crippen LogP contribution in [-0.4, -0.2) is 128 Å². The Hall–Kier alpha value is -5.70. The molecular formula is C46H50I2N12O7. The molecule has 2 aromatic carbocycles. The molecule has 8 heterocycles. The number of nitrogens with zero attached hydrogens (tertiary/aromatic N) is 10. The number of halogens is 2. The maximum absolute atomic E-state index is 12.6. The summed E-state index contributed by atoms with van der Waals surface area (Å²) < 4.78 is 13.3. The first-order valence-electron chi connectivity index (χ1n) is 21.4. The molecule has 0 bridgehead atoms. The number of nitrogens with two attached hydrogens (primary N) is 1. The van der Waals surface area contributed by atoms with E-state index >= 15 is 0 Å². The Labute approximate surface area is 408 Å². The summed E-state index contributed by atoms with van der Waals surface area (Å²) in [6.45, 7) is 8.81. The van der Waals surface area contributed by atoms with Gasteiger partial charge in [-0.3, -0.25) is 14.6 Å². The van der Waals surface area contributed by atoms with E-state index in [1.807, 2.05) is 12.1 Å². The van der Waals surface area contributed by atoms with E-state index in [2.05, 4.69) is 125 Å². The van der Waals surface area contributed by atoms with Gasteiger partial charge in [0, 0.05) is 139 Å². The number of carboxylic acids is 1. The maximum atomic E-state index is 12.6. The van der Waals surface area contributed by atoms with Crippen molar-refractivity contribution in [2.45, 2.75) is 52.0 Å². The third kappa shape index (κ3) is 13.1. The molecule has 21 heteroatoms. The summed E-state index contributed by atoms with van der Waals surface area (Å²) in [5.74, 6) is 0.504. The van der Waals surface area contributed by atoms with E-state index in [0.717, 1.165) is 50.1 Å². The minimum absolute atomic E-state index is 0.00329. The normalized spacial score (nSPS) is 14.3. The number of aryl methyl sites for hydroxylation is 2. The number of aromatic carboxylic acids is 1. The van der Waals surface area contributed by atoms with Crippen LogP contribution in [0.15, 0.2) is 107 Å². The number of rotatable bonds is 11. The van der Waals surface area contributed by atoms with E-state index in [0.29, 0.717) is 54.4 Å². The van der Waals surface area contributed by atoms with Gasteiger partial charge in [0.15, 0.2) is 5.69 Å². The molecule has 2 atom stereocenters. The predicted octanol–water partition coefficient (Wildman–Crippen LogP) is 5.37. The molecule has 0 saturated heterocycles. The van der Waals surface area contributed by atoms with Crippen LogP contribution in [0, 0.1) is 13.8 Å². The number of carbonyl (C=O) groups is 2. The van der Waals surface area contributed by atoms with E-state index < -0.39 is 18.2 Å². The van der Waals surface area contributed by atoms with E-state index in [-0.39, 0.29) is 23.8 Å². The number of fused-ring (bicyclic) bond motifs is 4. The van der Waals surface area contributed by atoms with Gasteiger partial charge < -0.3 is 44.2 Å². The minimum Gasteiger partial charge on any atom is -0.476 e. The number of imidazole rings is 2. The largest absolute Gasteiger partial charge is 0.476 e. The highest BCUT2D eigenvalue weighted by Gasteiger charge is 2.21. The van der Waals surface area contributed by atoms with Crippen LogP contribution in [0.5, 0.6) is 0 Å². The highest BCUT2D eigenvalue weighted by Crippen LogP contribution is 2.21. The Kier molecular flexibility index (Phi) is 17.1. The number of aliphatic hydroxyl groups is 2. The lowest BCUT2D eigenvalue weighted by molar-refractivity contribution is 0.0690. The van der Waals surface area contributed by atoms with Crippen LogP contribution in [0.1, 0.15) is 55.0 Å². The van der Waals surface area contributed by atoms with Gasteiger partial charge in [-0.2, -0.15) is 9.97 Å². The van der Waals surface area contributed by atoms with Crippen molar-refractivity contribution >= 4 is 60.4 Å². The lowest BCUT2D eigenvalue weighted by Crippen LogP contribution is -2.42. The van der Waals surface area contributed by atoms with Gasteiger partial charge in [0.2, 0.25) is 23.4 Å². The smallest absolute Gasteiger partial charge is 0.356 e. The second-order valence-electron chi connectivity index (χ2n) is 16.0. The number of carboxylic acid groups (broad SMARTS) is 1. The number of carbonyl (C=O) groups excluding carboxylic acids is 1. The average molecular weight is 1140 g/mol. The highest BCUT2D eigenvalue weighted by molar-refractivity contribution is 15.0. The van der Waals surface area contributed by atoms with Crippen molar-refractivity contribution in [3.05, 3.63) is 143 Å². The topological polar surface area (TPSA) is 252 Å². The van der Waals surface area contributed by atoms with Crippen LogP contribution < -0.4 is 11.1 Å². The number of aromatic nitrogens is 8. The van der Waals surface area contributed by atoms with Gasteiger partial charge in [-0.15, -0.1) is 0 Å². The fourth-order valence-corrected chi connectivity index (χ4v) is 7.75. The van der Waals surface area contributed by atoms with Gasteiger partial charge in [-0.1, -0.05) is 58.8 Å². The Morgan fingerprint density at radius 1 is 0.701 bits per heavy atom. The first-order chi connectivity index (χ1) is 32.5. The Morgan fingerprint density at radius 2 is 1.25 bits per heavy atom. The van der Waals surface area contributed by atoms with Crippen molar-refractivity contribution in [2.75, 3.05) is 39.3 Å². The average Bonchev–Trinajstić information content (AvgIpc) is 4.18. The third-order valence-corrected chi connectivity index (χ3v) is 11.1. The van der Waals surface area contributed by atoms with Crippen molar-refractivity contribution < 1.29 is 34.0 Å². The molecule has 0 spiro atoms. The zero-order valence-electron chi connectivity index (χ0n) is 36.7. The fourth-order valence-electron chi connectivity index (χ4n) is 7.75. The van der Waals surface area contributed by atoms with Gasteiger partial charge in [0.1, 0.15) is 17.0 Å². The van der Waals surface area contributed by atoms with Crippen molar-refractivity contribution in [1.29, 1.82) is 0 Å².